The fourth-order valence-corrected chi connectivity index (χ4v) is 3.93. The van der Waals surface area contributed by atoms with Crippen LogP contribution in [0.5, 0.6) is 5.75 Å². The highest BCUT2D eigenvalue weighted by Crippen LogP contribution is 2.36. The molecule has 12 heteroatoms. The van der Waals surface area contributed by atoms with Gasteiger partial charge in [0.1, 0.15) is 11.5 Å². The number of nitrogens with one attached hydrogen (secondary N) is 1. The van der Waals surface area contributed by atoms with E-state index in [1.165, 1.54) is 38.3 Å². The number of esters is 2. The highest BCUT2D eigenvalue weighted by atomic mass is 79.9. The van der Waals surface area contributed by atoms with E-state index >= 15 is 0 Å². The van der Waals surface area contributed by atoms with Crippen LogP contribution in [0.15, 0.2) is 38.9 Å². The van der Waals surface area contributed by atoms with Crippen molar-refractivity contribution in [1.29, 1.82) is 0 Å². The van der Waals surface area contributed by atoms with Crippen molar-refractivity contribution >= 4 is 57.5 Å². The number of halogens is 2. The molecular formula is C22H20BrClN2O8. The summed E-state index contributed by atoms with van der Waals surface area (Å²) in [7, 11) is 1.21. The summed E-state index contributed by atoms with van der Waals surface area (Å²) in [5.41, 5.74) is 0.505. The number of hydrogen-bond acceptors (Lipinski definition) is 8. The molecule has 10 nitrogen and oxygen atoms in total. The first kappa shape index (κ1) is 25.3. The van der Waals surface area contributed by atoms with Crippen LogP contribution in [0.1, 0.15) is 35.7 Å². The number of urea groups is 1. The summed E-state index contributed by atoms with van der Waals surface area (Å²) in [6.07, 6.45) is 0.556. The van der Waals surface area contributed by atoms with Crippen LogP contribution in [-0.2, 0) is 25.6 Å². The number of amides is 3. The van der Waals surface area contributed by atoms with Gasteiger partial charge in [-0.2, -0.15) is 0 Å². The lowest BCUT2D eigenvalue weighted by atomic mass is 10.1. The number of rotatable bonds is 8. The molecule has 1 saturated heterocycles. The van der Waals surface area contributed by atoms with Crippen LogP contribution in [0.2, 0.25) is 5.02 Å². The molecule has 1 aromatic heterocycles. The van der Waals surface area contributed by atoms with Crippen LogP contribution in [0.4, 0.5) is 4.79 Å². The Kier molecular flexibility index (Phi) is 8.00. The maximum atomic E-state index is 12.8. The number of nitrogens with zero attached hydrogens (tertiary/aromatic N) is 1. The van der Waals surface area contributed by atoms with Crippen molar-refractivity contribution < 1.29 is 37.8 Å². The molecule has 1 fully saturated rings. The summed E-state index contributed by atoms with van der Waals surface area (Å²) >= 11 is 9.66. The number of furan rings is 1. The molecule has 0 saturated carbocycles. The van der Waals surface area contributed by atoms with Crippen LogP contribution in [0, 0.1) is 0 Å². The van der Waals surface area contributed by atoms with Gasteiger partial charge in [-0.15, -0.1) is 0 Å². The van der Waals surface area contributed by atoms with Crippen molar-refractivity contribution in [3.8, 4) is 5.75 Å². The van der Waals surface area contributed by atoms with E-state index in [0.717, 1.165) is 4.90 Å². The van der Waals surface area contributed by atoms with E-state index in [4.69, 9.17) is 25.5 Å². The third-order valence-corrected chi connectivity index (χ3v) is 5.44. The smallest absolute Gasteiger partial charge is 0.373 e. The number of methoxy groups -OCH3 is 1. The number of carbonyl (C=O) groups excluding carboxylic acids is 4. The number of benzene rings is 1. The summed E-state index contributed by atoms with van der Waals surface area (Å²) < 4.78 is 20.8. The normalized spacial score (nSPS) is 15.3. The quantitative estimate of drug-likeness (QED) is 0.295. The topological polar surface area (TPSA) is 124 Å². The first-order valence-electron chi connectivity index (χ1n) is 9.98. The maximum Gasteiger partial charge on any atom is 0.373 e. The largest absolute Gasteiger partial charge is 0.476 e. The SMILES string of the molecule is CCOC(=O)[C@@H](C)Oc1c(Cl)cc(/C=C2\NC(=O)N(Cc3ccc(C(=O)OC)o3)C2=O)cc1Br. The lowest BCUT2D eigenvalue weighted by molar-refractivity contribution is -0.150. The molecule has 1 N–H and O–H groups in total. The molecule has 1 aliphatic heterocycles. The zero-order valence-electron chi connectivity index (χ0n) is 18.3. The van der Waals surface area contributed by atoms with Gasteiger partial charge in [-0.25, -0.2) is 14.4 Å². The second kappa shape index (κ2) is 10.7. The maximum absolute atomic E-state index is 12.8. The first-order chi connectivity index (χ1) is 16.1. The van der Waals surface area contributed by atoms with Crippen LogP contribution in [-0.4, -0.2) is 48.6 Å². The minimum absolute atomic E-state index is 0.0151. The Labute approximate surface area is 207 Å². The predicted molar refractivity (Wildman–Crippen MR) is 123 cm³/mol. The Morgan fingerprint density at radius 1 is 1.29 bits per heavy atom. The van der Waals surface area contributed by atoms with Gasteiger partial charge in [-0.1, -0.05) is 11.6 Å². The van der Waals surface area contributed by atoms with Gasteiger partial charge < -0.3 is 23.9 Å². The van der Waals surface area contributed by atoms with Gasteiger partial charge in [0, 0.05) is 0 Å². The predicted octanol–water partition coefficient (Wildman–Crippen LogP) is 3.91. The molecule has 0 aliphatic carbocycles. The van der Waals surface area contributed by atoms with E-state index in [1.54, 1.807) is 13.0 Å². The Balaban J connectivity index is 1.76. The molecule has 1 atom stereocenters. The zero-order valence-corrected chi connectivity index (χ0v) is 20.7. The molecule has 180 valence electrons. The third kappa shape index (κ3) is 5.60. The van der Waals surface area contributed by atoms with Crippen LogP contribution in [0.3, 0.4) is 0 Å². The average Bonchev–Trinajstić information content (AvgIpc) is 3.36. The summed E-state index contributed by atoms with van der Waals surface area (Å²) in [5.74, 6) is -1.38. The van der Waals surface area contributed by atoms with Gasteiger partial charge in [-0.3, -0.25) is 9.69 Å². The molecule has 1 aliphatic rings. The highest BCUT2D eigenvalue weighted by molar-refractivity contribution is 9.10. The van der Waals surface area contributed by atoms with Crippen molar-refractivity contribution in [3.05, 3.63) is 56.5 Å². The summed E-state index contributed by atoms with van der Waals surface area (Å²) in [5, 5.41) is 2.67. The Bertz CT molecular complexity index is 1150. The van der Waals surface area contributed by atoms with Crippen molar-refractivity contribution in [2.24, 2.45) is 0 Å². The minimum Gasteiger partial charge on any atom is -0.476 e. The molecule has 3 rings (SSSR count). The molecule has 0 radical (unpaired) electrons. The fraction of sp³-hybridized carbons (Fsp3) is 0.273. The summed E-state index contributed by atoms with van der Waals surface area (Å²) in [4.78, 5) is 49.4. The lowest BCUT2D eigenvalue weighted by Crippen LogP contribution is -2.30. The molecule has 2 aromatic rings. The van der Waals surface area contributed by atoms with Gasteiger partial charge in [0.2, 0.25) is 5.76 Å². The molecule has 3 amide bonds. The zero-order chi connectivity index (χ0) is 25.0. The summed E-state index contributed by atoms with van der Waals surface area (Å²) in [6.45, 7) is 3.26. The van der Waals surface area contributed by atoms with E-state index in [2.05, 4.69) is 26.0 Å². The second-order valence-electron chi connectivity index (χ2n) is 6.96. The molecule has 2 heterocycles. The van der Waals surface area contributed by atoms with E-state index in [9.17, 15) is 19.2 Å². The van der Waals surface area contributed by atoms with Gasteiger partial charge in [-0.05, 0) is 65.7 Å². The van der Waals surface area contributed by atoms with Crippen LogP contribution >= 0.6 is 27.5 Å². The molecular weight excluding hydrogens is 536 g/mol. The second-order valence-corrected chi connectivity index (χ2v) is 8.22. The van der Waals surface area contributed by atoms with Crippen molar-refractivity contribution in [2.75, 3.05) is 13.7 Å². The lowest BCUT2D eigenvalue weighted by Gasteiger charge is -2.16. The molecule has 34 heavy (non-hydrogen) atoms. The fourth-order valence-electron chi connectivity index (χ4n) is 2.97. The monoisotopic (exact) mass is 554 g/mol. The Hall–Kier alpha value is -3.31. The van der Waals surface area contributed by atoms with Crippen LogP contribution in [0.25, 0.3) is 6.08 Å². The van der Waals surface area contributed by atoms with Gasteiger partial charge in [0.25, 0.3) is 5.91 Å². The van der Waals surface area contributed by atoms with Crippen LogP contribution < -0.4 is 10.1 Å². The molecule has 1 aromatic carbocycles. The Morgan fingerprint density at radius 2 is 2.03 bits per heavy atom. The highest BCUT2D eigenvalue weighted by Gasteiger charge is 2.34. The summed E-state index contributed by atoms with van der Waals surface area (Å²) in [6, 6.07) is 5.34. The number of ether oxygens (including phenoxy) is 3. The van der Waals surface area contributed by atoms with Crippen molar-refractivity contribution in [1.82, 2.24) is 10.2 Å². The molecule has 0 spiro atoms. The van der Waals surface area contributed by atoms with E-state index in [1.807, 2.05) is 0 Å². The van der Waals surface area contributed by atoms with E-state index in [0.29, 0.717) is 10.0 Å². The Morgan fingerprint density at radius 3 is 2.68 bits per heavy atom. The number of hydrogen-bond donors (Lipinski definition) is 1. The van der Waals surface area contributed by atoms with Gasteiger partial charge >= 0.3 is 18.0 Å². The van der Waals surface area contributed by atoms with Crippen molar-refractivity contribution in [2.45, 2.75) is 26.5 Å². The van der Waals surface area contributed by atoms with Gasteiger partial charge in [0.15, 0.2) is 11.9 Å². The third-order valence-electron chi connectivity index (χ3n) is 4.57. The number of imide groups is 1. The number of carbonyl (C=O) groups is 4. The standard InChI is InChI=1S/C22H20BrClN2O8/c1-4-32-20(28)11(2)33-18-14(23)7-12(8-15(18)24)9-16-19(27)26(22(30)25-16)10-13-5-6-17(34-13)21(29)31-3/h5-9,11H,4,10H2,1-3H3,(H,25,30)/b16-9-/t11-/m1/s1. The first-order valence-corrected chi connectivity index (χ1v) is 11.2. The molecule has 0 unspecified atom stereocenters. The minimum atomic E-state index is -0.886. The molecule has 0 bridgehead atoms. The average molecular weight is 556 g/mol. The van der Waals surface area contributed by atoms with E-state index < -0.39 is 30.0 Å². The van der Waals surface area contributed by atoms with E-state index in [-0.39, 0.29) is 41.1 Å². The van der Waals surface area contributed by atoms with Crippen molar-refractivity contribution in [3.63, 3.8) is 0 Å². The van der Waals surface area contributed by atoms with Gasteiger partial charge in [0.05, 0.1) is 29.8 Å².